The molecule has 2 amide bonds. The minimum absolute atomic E-state index is 0.0707. The van der Waals surface area contributed by atoms with Crippen LogP contribution in [0.3, 0.4) is 0 Å². The Bertz CT molecular complexity index is 281. The van der Waals surface area contributed by atoms with Crippen molar-refractivity contribution in [2.24, 2.45) is 0 Å². The Kier molecular flexibility index (Phi) is 5.41. The first kappa shape index (κ1) is 14.0. The molecule has 98 valence electrons. The van der Waals surface area contributed by atoms with Crippen molar-refractivity contribution in [2.75, 3.05) is 33.2 Å². The molecule has 0 radical (unpaired) electrons. The molecule has 0 spiro atoms. The Labute approximate surface area is 103 Å². The summed E-state index contributed by atoms with van der Waals surface area (Å²) in [7, 11) is 1.90. The van der Waals surface area contributed by atoms with Crippen molar-refractivity contribution in [3.05, 3.63) is 0 Å². The van der Waals surface area contributed by atoms with E-state index >= 15 is 0 Å². The van der Waals surface area contributed by atoms with Crippen LogP contribution in [0.2, 0.25) is 0 Å². The normalized spacial score (nSPS) is 18.8. The fourth-order valence-corrected chi connectivity index (χ4v) is 1.87. The Morgan fingerprint density at radius 1 is 1.18 bits per heavy atom. The quantitative estimate of drug-likeness (QED) is 0.716. The lowest BCUT2D eigenvalue weighted by Gasteiger charge is -2.34. The summed E-state index contributed by atoms with van der Waals surface area (Å²) in [6.07, 6.45) is 1.78. The first-order valence-corrected chi connectivity index (χ1v) is 6.31. The van der Waals surface area contributed by atoms with Crippen LogP contribution in [-0.2, 0) is 9.59 Å². The summed E-state index contributed by atoms with van der Waals surface area (Å²) >= 11 is 0. The van der Waals surface area contributed by atoms with Crippen molar-refractivity contribution in [2.45, 2.75) is 32.7 Å². The summed E-state index contributed by atoms with van der Waals surface area (Å²) in [6, 6.07) is 0.367. The van der Waals surface area contributed by atoms with Gasteiger partial charge in [-0.1, -0.05) is 6.92 Å². The molecule has 1 atom stereocenters. The summed E-state index contributed by atoms with van der Waals surface area (Å²) in [5, 5.41) is 3.13. The van der Waals surface area contributed by atoms with E-state index in [1.165, 1.54) is 0 Å². The molecular formula is C12H23N3O2. The third kappa shape index (κ3) is 4.00. The van der Waals surface area contributed by atoms with Crippen LogP contribution >= 0.6 is 0 Å². The molecule has 1 aliphatic rings. The molecule has 1 fully saturated rings. The Balaban J connectivity index is 2.44. The van der Waals surface area contributed by atoms with E-state index in [-0.39, 0.29) is 24.9 Å². The predicted octanol–water partition coefficient (Wildman–Crippen LogP) is 0.0652. The fourth-order valence-electron chi connectivity index (χ4n) is 1.87. The van der Waals surface area contributed by atoms with Crippen LogP contribution in [0, 0.1) is 0 Å². The summed E-state index contributed by atoms with van der Waals surface area (Å²) < 4.78 is 0. The van der Waals surface area contributed by atoms with Gasteiger partial charge in [-0.25, -0.2) is 0 Å². The number of carbonyl (C=O) groups is 2. The molecule has 1 rings (SSSR count). The van der Waals surface area contributed by atoms with Crippen molar-refractivity contribution in [3.63, 3.8) is 0 Å². The molecule has 1 aliphatic heterocycles. The minimum Gasteiger partial charge on any atom is -0.332 e. The topological polar surface area (TPSA) is 52.7 Å². The Morgan fingerprint density at radius 2 is 1.71 bits per heavy atom. The van der Waals surface area contributed by atoms with E-state index in [9.17, 15) is 9.59 Å². The van der Waals surface area contributed by atoms with Gasteiger partial charge in [0.1, 0.15) is 0 Å². The summed E-state index contributed by atoms with van der Waals surface area (Å²) in [6.45, 7) is 5.92. The Hall–Kier alpha value is -1.10. The van der Waals surface area contributed by atoms with Gasteiger partial charge in [0.2, 0.25) is 11.8 Å². The Morgan fingerprint density at radius 3 is 2.18 bits per heavy atom. The molecule has 0 aromatic carbocycles. The summed E-state index contributed by atoms with van der Waals surface area (Å²) in [5.74, 6) is 0.143. The van der Waals surface area contributed by atoms with Gasteiger partial charge >= 0.3 is 0 Å². The van der Waals surface area contributed by atoms with Crippen molar-refractivity contribution in [3.8, 4) is 0 Å². The molecule has 0 aliphatic carbocycles. The molecule has 0 aromatic heterocycles. The first-order valence-electron chi connectivity index (χ1n) is 6.31. The lowest BCUT2D eigenvalue weighted by molar-refractivity contribution is -0.150. The van der Waals surface area contributed by atoms with E-state index in [0.29, 0.717) is 19.1 Å². The van der Waals surface area contributed by atoms with E-state index in [2.05, 4.69) is 12.2 Å². The van der Waals surface area contributed by atoms with Crippen LogP contribution in [0.15, 0.2) is 0 Å². The second-order valence-electron chi connectivity index (χ2n) is 4.61. The summed E-state index contributed by atoms with van der Waals surface area (Å²) in [5.41, 5.74) is 0. The van der Waals surface area contributed by atoms with Crippen LogP contribution in [0.5, 0.6) is 0 Å². The molecular weight excluding hydrogens is 218 g/mol. The number of rotatable bonds is 6. The lowest BCUT2D eigenvalue weighted by atomic mass is 10.2. The van der Waals surface area contributed by atoms with Crippen molar-refractivity contribution in [1.82, 2.24) is 15.1 Å². The van der Waals surface area contributed by atoms with E-state index in [4.69, 9.17) is 0 Å². The van der Waals surface area contributed by atoms with Crippen molar-refractivity contribution < 1.29 is 9.59 Å². The highest BCUT2D eigenvalue weighted by Gasteiger charge is 2.28. The van der Waals surface area contributed by atoms with Crippen LogP contribution < -0.4 is 5.32 Å². The first-order chi connectivity index (χ1) is 8.08. The number of carbonyl (C=O) groups excluding carboxylic acids is 2. The molecule has 0 bridgehead atoms. The largest absolute Gasteiger partial charge is 0.332 e. The average molecular weight is 241 g/mol. The maximum atomic E-state index is 11.8. The zero-order valence-corrected chi connectivity index (χ0v) is 11.0. The molecule has 17 heavy (non-hydrogen) atoms. The number of piperazine rings is 1. The molecule has 0 saturated carbocycles. The van der Waals surface area contributed by atoms with E-state index in [1.54, 1.807) is 9.80 Å². The van der Waals surface area contributed by atoms with Gasteiger partial charge in [0.15, 0.2) is 0 Å². The highest BCUT2D eigenvalue weighted by atomic mass is 16.2. The zero-order valence-electron chi connectivity index (χ0n) is 11.0. The third-order valence-corrected chi connectivity index (χ3v) is 3.18. The summed E-state index contributed by atoms with van der Waals surface area (Å²) in [4.78, 5) is 26.9. The van der Waals surface area contributed by atoms with Crippen molar-refractivity contribution >= 4 is 11.8 Å². The zero-order chi connectivity index (χ0) is 12.8. The highest BCUT2D eigenvalue weighted by Crippen LogP contribution is 2.07. The van der Waals surface area contributed by atoms with Gasteiger partial charge in [0.25, 0.3) is 0 Å². The van der Waals surface area contributed by atoms with Crippen LogP contribution in [0.4, 0.5) is 0 Å². The number of hydrogen-bond acceptors (Lipinski definition) is 3. The van der Waals surface area contributed by atoms with E-state index in [1.807, 2.05) is 14.0 Å². The van der Waals surface area contributed by atoms with Gasteiger partial charge in [-0.2, -0.15) is 0 Å². The van der Waals surface area contributed by atoms with Crippen LogP contribution in [0.1, 0.15) is 26.7 Å². The van der Waals surface area contributed by atoms with E-state index in [0.717, 1.165) is 12.8 Å². The van der Waals surface area contributed by atoms with Gasteiger partial charge in [-0.05, 0) is 26.8 Å². The number of nitrogens with one attached hydrogen (secondary N) is 1. The van der Waals surface area contributed by atoms with E-state index < -0.39 is 0 Å². The standard InChI is InChI=1S/C12H23N3O2/c1-4-6-14-8-12(17)15(9-11(14)16)7-5-10(2)13-3/h10,13H,4-9H2,1-3H3. The molecule has 1 heterocycles. The maximum Gasteiger partial charge on any atom is 0.242 e. The highest BCUT2D eigenvalue weighted by molar-refractivity contribution is 5.92. The SMILES string of the molecule is CCCN1CC(=O)N(CCC(C)NC)CC1=O. The van der Waals surface area contributed by atoms with Crippen molar-refractivity contribution in [1.29, 1.82) is 0 Å². The molecule has 1 N–H and O–H groups in total. The number of nitrogens with zero attached hydrogens (tertiary/aromatic N) is 2. The average Bonchev–Trinajstić information content (AvgIpc) is 2.31. The van der Waals surface area contributed by atoms with Gasteiger partial charge in [0, 0.05) is 19.1 Å². The van der Waals surface area contributed by atoms with Crippen LogP contribution in [0.25, 0.3) is 0 Å². The number of amides is 2. The second kappa shape index (κ2) is 6.59. The van der Waals surface area contributed by atoms with Gasteiger partial charge in [-0.15, -0.1) is 0 Å². The van der Waals surface area contributed by atoms with Gasteiger partial charge < -0.3 is 15.1 Å². The second-order valence-corrected chi connectivity index (χ2v) is 4.61. The molecule has 5 heteroatoms. The smallest absolute Gasteiger partial charge is 0.242 e. The van der Waals surface area contributed by atoms with Gasteiger partial charge in [-0.3, -0.25) is 9.59 Å². The molecule has 0 aromatic rings. The van der Waals surface area contributed by atoms with Crippen LogP contribution in [-0.4, -0.2) is 60.9 Å². The third-order valence-electron chi connectivity index (χ3n) is 3.18. The molecule has 5 nitrogen and oxygen atoms in total. The number of hydrogen-bond donors (Lipinski definition) is 1. The predicted molar refractivity (Wildman–Crippen MR) is 66.6 cm³/mol. The van der Waals surface area contributed by atoms with Gasteiger partial charge in [0.05, 0.1) is 13.1 Å². The minimum atomic E-state index is 0.0707. The lowest BCUT2D eigenvalue weighted by Crippen LogP contribution is -2.54. The maximum absolute atomic E-state index is 11.8. The fraction of sp³-hybridized carbons (Fsp3) is 0.833. The molecule has 1 unspecified atom stereocenters. The molecule has 1 saturated heterocycles. The monoisotopic (exact) mass is 241 g/mol.